The van der Waals surface area contributed by atoms with Gasteiger partial charge in [-0.15, -0.1) is 0 Å². The van der Waals surface area contributed by atoms with E-state index in [1.807, 2.05) is 18.2 Å². The Balaban J connectivity index is 2.36. The van der Waals surface area contributed by atoms with Crippen LogP contribution < -0.4 is 5.73 Å². The Morgan fingerprint density at radius 1 is 1.19 bits per heavy atom. The number of nitrogen functional groups attached to an aromatic ring is 1. The normalized spacial score (nSPS) is 15.6. The van der Waals surface area contributed by atoms with Crippen molar-refractivity contribution in [3.63, 3.8) is 0 Å². The predicted octanol–water partition coefficient (Wildman–Crippen LogP) is 4.22. The van der Waals surface area contributed by atoms with Crippen molar-refractivity contribution in [2.45, 2.75) is 18.8 Å². The van der Waals surface area contributed by atoms with Crippen molar-refractivity contribution >= 4 is 48.5 Å². The zero-order chi connectivity index (χ0) is 11.3. The summed E-state index contributed by atoms with van der Waals surface area (Å²) < 4.78 is 2.00. The average Bonchev–Trinajstić information content (AvgIpc) is 3.06. The van der Waals surface area contributed by atoms with Crippen molar-refractivity contribution in [3.8, 4) is 0 Å². The summed E-state index contributed by atoms with van der Waals surface area (Å²) in [5.41, 5.74) is 8.99. The summed E-state index contributed by atoms with van der Waals surface area (Å²) in [6.45, 7) is 0. The molecule has 2 aromatic rings. The van der Waals surface area contributed by atoms with Crippen LogP contribution in [0.1, 0.15) is 24.5 Å². The first-order valence-electron chi connectivity index (χ1n) is 5.21. The van der Waals surface area contributed by atoms with E-state index in [9.17, 15) is 0 Å². The van der Waals surface area contributed by atoms with Crippen molar-refractivity contribution in [2.24, 2.45) is 0 Å². The Morgan fingerprint density at radius 3 is 2.56 bits per heavy atom. The topological polar surface area (TPSA) is 38.9 Å². The molecule has 1 aromatic heterocycles. The van der Waals surface area contributed by atoms with Crippen LogP contribution in [0.4, 0.5) is 5.69 Å². The van der Waals surface area contributed by atoms with E-state index in [-0.39, 0.29) is 0 Å². The molecule has 0 bridgehead atoms. The number of aromatic nitrogens is 1. The molecule has 1 fully saturated rings. The van der Waals surface area contributed by atoms with Crippen LogP contribution in [0.2, 0.25) is 0 Å². The minimum atomic E-state index is 0.623. The van der Waals surface area contributed by atoms with Gasteiger partial charge in [0.15, 0.2) is 0 Å². The molecular formula is C12H10Br2N2. The highest BCUT2D eigenvalue weighted by Gasteiger charge is 2.26. The molecule has 0 aliphatic heterocycles. The number of pyridine rings is 1. The lowest BCUT2D eigenvalue weighted by Crippen LogP contribution is -1.95. The maximum Gasteiger partial charge on any atom is 0.0879 e. The maximum atomic E-state index is 6.10. The standard InChI is InChI=1S/C12H10Br2N2/c13-7-3-4-8(14)12-11(7)9(15)5-10(16-12)6-1-2-6/h3-6H,1-2H2,(H2,15,16). The number of rotatable bonds is 1. The highest BCUT2D eigenvalue weighted by Crippen LogP contribution is 2.42. The number of nitrogens with two attached hydrogens (primary N) is 1. The summed E-state index contributed by atoms with van der Waals surface area (Å²) in [6, 6.07) is 5.99. The molecule has 1 saturated carbocycles. The third-order valence-electron chi connectivity index (χ3n) is 2.91. The summed E-state index contributed by atoms with van der Waals surface area (Å²) in [7, 11) is 0. The zero-order valence-corrected chi connectivity index (χ0v) is 11.7. The minimum Gasteiger partial charge on any atom is -0.398 e. The van der Waals surface area contributed by atoms with Gasteiger partial charge in [-0.3, -0.25) is 4.98 Å². The number of hydrogen-bond acceptors (Lipinski definition) is 2. The van der Waals surface area contributed by atoms with E-state index in [0.29, 0.717) is 5.92 Å². The van der Waals surface area contributed by atoms with Gasteiger partial charge in [0.05, 0.1) is 5.52 Å². The molecule has 0 amide bonds. The second kappa shape index (κ2) is 3.70. The fourth-order valence-corrected chi connectivity index (χ4v) is 2.87. The number of halogens is 2. The van der Waals surface area contributed by atoms with E-state index in [2.05, 4.69) is 31.9 Å². The highest BCUT2D eigenvalue weighted by atomic mass is 79.9. The van der Waals surface area contributed by atoms with Gasteiger partial charge < -0.3 is 5.73 Å². The van der Waals surface area contributed by atoms with Gasteiger partial charge in [-0.1, -0.05) is 15.9 Å². The van der Waals surface area contributed by atoms with Crippen molar-refractivity contribution < 1.29 is 0 Å². The maximum absolute atomic E-state index is 6.10. The quantitative estimate of drug-likeness (QED) is 0.843. The first kappa shape index (κ1) is 10.5. The predicted molar refractivity (Wildman–Crippen MR) is 73.5 cm³/mol. The Bertz CT molecular complexity index is 577. The van der Waals surface area contributed by atoms with Gasteiger partial charge in [0.1, 0.15) is 0 Å². The second-order valence-electron chi connectivity index (χ2n) is 4.16. The smallest absolute Gasteiger partial charge is 0.0879 e. The van der Waals surface area contributed by atoms with Crippen LogP contribution in [0.3, 0.4) is 0 Å². The van der Waals surface area contributed by atoms with Crippen LogP contribution in [-0.2, 0) is 0 Å². The monoisotopic (exact) mass is 340 g/mol. The highest BCUT2D eigenvalue weighted by molar-refractivity contribution is 9.11. The molecule has 1 aliphatic rings. The van der Waals surface area contributed by atoms with Gasteiger partial charge in [0.25, 0.3) is 0 Å². The van der Waals surface area contributed by atoms with E-state index in [4.69, 9.17) is 10.7 Å². The molecular weight excluding hydrogens is 332 g/mol. The van der Waals surface area contributed by atoms with Crippen LogP contribution in [0, 0.1) is 0 Å². The van der Waals surface area contributed by atoms with Gasteiger partial charge in [0.2, 0.25) is 0 Å². The lowest BCUT2D eigenvalue weighted by atomic mass is 10.1. The third-order valence-corrected chi connectivity index (χ3v) is 4.21. The number of nitrogens with zero attached hydrogens (tertiary/aromatic N) is 1. The molecule has 0 atom stereocenters. The minimum absolute atomic E-state index is 0.623. The number of hydrogen-bond donors (Lipinski definition) is 1. The van der Waals surface area contributed by atoms with E-state index in [1.54, 1.807) is 0 Å². The van der Waals surface area contributed by atoms with Crippen LogP contribution in [0.25, 0.3) is 10.9 Å². The molecule has 0 spiro atoms. The lowest BCUT2D eigenvalue weighted by molar-refractivity contribution is 1.04. The molecule has 4 heteroatoms. The van der Waals surface area contributed by atoms with E-state index >= 15 is 0 Å². The average molecular weight is 342 g/mol. The molecule has 0 unspecified atom stereocenters. The van der Waals surface area contributed by atoms with Gasteiger partial charge >= 0.3 is 0 Å². The van der Waals surface area contributed by atoms with E-state index in [0.717, 1.165) is 31.2 Å². The molecule has 1 aliphatic carbocycles. The van der Waals surface area contributed by atoms with Crippen LogP contribution >= 0.6 is 31.9 Å². The molecule has 3 rings (SSSR count). The van der Waals surface area contributed by atoms with Crippen LogP contribution in [0.15, 0.2) is 27.1 Å². The Hall–Kier alpha value is -0.610. The molecule has 1 aromatic carbocycles. The largest absolute Gasteiger partial charge is 0.398 e. The Morgan fingerprint density at radius 2 is 1.88 bits per heavy atom. The first-order chi connectivity index (χ1) is 7.66. The van der Waals surface area contributed by atoms with Gasteiger partial charge in [0, 0.05) is 31.6 Å². The number of benzene rings is 1. The van der Waals surface area contributed by atoms with E-state index in [1.165, 1.54) is 12.8 Å². The Labute approximate surface area is 110 Å². The molecule has 0 radical (unpaired) electrons. The molecule has 2 nitrogen and oxygen atoms in total. The first-order valence-corrected chi connectivity index (χ1v) is 6.79. The van der Waals surface area contributed by atoms with Gasteiger partial charge in [-0.25, -0.2) is 0 Å². The van der Waals surface area contributed by atoms with E-state index < -0.39 is 0 Å². The summed E-state index contributed by atoms with van der Waals surface area (Å²) >= 11 is 7.05. The number of anilines is 1. The fraction of sp³-hybridized carbons (Fsp3) is 0.250. The third kappa shape index (κ3) is 1.64. The molecule has 1 heterocycles. The van der Waals surface area contributed by atoms with Crippen LogP contribution in [-0.4, -0.2) is 4.98 Å². The fourth-order valence-electron chi connectivity index (χ4n) is 1.91. The van der Waals surface area contributed by atoms with Crippen molar-refractivity contribution in [1.29, 1.82) is 0 Å². The van der Waals surface area contributed by atoms with Gasteiger partial charge in [-0.05, 0) is 47.0 Å². The van der Waals surface area contributed by atoms with Crippen molar-refractivity contribution in [2.75, 3.05) is 5.73 Å². The van der Waals surface area contributed by atoms with Crippen molar-refractivity contribution in [1.82, 2.24) is 4.98 Å². The van der Waals surface area contributed by atoms with Crippen LogP contribution in [0.5, 0.6) is 0 Å². The summed E-state index contributed by atoms with van der Waals surface area (Å²) in [4.78, 5) is 4.70. The SMILES string of the molecule is Nc1cc(C2CC2)nc2c(Br)ccc(Br)c12. The zero-order valence-electron chi connectivity index (χ0n) is 8.50. The Kier molecular flexibility index (Phi) is 2.44. The van der Waals surface area contributed by atoms with Gasteiger partial charge in [-0.2, -0.15) is 0 Å². The number of fused-ring (bicyclic) bond motifs is 1. The lowest BCUT2D eigenvalue weighted by Gasteiger charge is -2.08. The van der Waals surface area contributed by atoms with Crippen molar-refractivity contribution in [3.05, 3.63) is 32.8 Å². The molecule has 82 valence electrons. The molecule has 2 N–H and O–H groups in total. The molecule has 0 saturated heterocycles. The summed E-state index contributed by atoms with van der Waals surface area (Å²) in [6.07, 6.45) is 2.48. The summed E-state index contributed by atoms with van der Waals surface area (Å²) in [5.74, 6) is 0.623. The second-order valence-corrected chi connectivity index (χ2v) is 5.87. The summed E-state index contributed by atoms with van der Waals surface area (Å²) in [5, 5.41) is 0.999. The molecule has 16 heavy (non-hydrogen) atoms.